The summed E-state index contributed by atoms with van der Waals surface area (Å²) >= 11 is 9.12. The van der Waals surface area contributed by atoms with Gasteiger partial charge in [0, 0.05) is 6.07 Å². The number of hydrogen-bond acceptors (Lipinski definition) is 5. The summed E-state index contributed by atoms with van der Waals surface area (Å²) in [4.78, 5) is 23.1. The standard InChI is InChI=1S/C19H11BrClF3O6/c20-11-7-15(30-19(22,23)24)10(6-16(11)28-5-4-17(26)27)14-8-13(25)9-2-1-3-12(21)18(9)29-14/h1-3,6-8H,4-5H2,(H,26,27). The largest absolute Gasteiger partial charge is 0.573 e. The van der Waals surface area contributed by atoms with E-state index in [1.165, 1.54) is 18.2 Å². The van der Waals surface area contributed by atoms with Crippen molar-refractivity contribution in [3.05, 3.63) is 56.1 Å². The van der Waals surface area contributed by atoms with E-state index in [4.69, 9.17) is 25.9 Å². The molecule has 0 bridgehead atoms. The first kappa shape index (κ1) is 22.0. The number of carboxylic acids is 1. The van der Waals surface area contributed by atoms with E-state index in [9.17, 15) is 22.8 Å². The Bertz CT molecular complexity index is 1180. The summed E-state index contributed by atoms with van der Waals surface area (Å²) in [6.45, 7) is -0.236. The van der Waals surface area contributed by atoms with Crippen LogP contribution in [0, 0.1) is 0 Å². The molecule has 30 heavy (non-hydrogen) atoms. The first-order valence-electron chi connectivity index (χ1n) is 8.22. The maximum Gasteiger partial charge on any atom is 0.573 e. The van der Waals surface area contributed by atoms with Crippen molar-refractivity contribution in [2.75, 3.05) is 6.61 Å². The van der Waals surface area contributed by atoms with E-state index in [1.54, 1.807) is 0 Å². The molecule has 0 amide bonds. The van der Waals surface area contributed by atoms with Gasteiger partial charge in [0.1, 0.15) is 17.3 Å². The van der Waals surface area contributed by atoms with Crippen LogP contribution in [0.2, 0.25) is 5.02 Å². The highest BCUT2D eigenvalue weighted by Crippen LogP contribution is 2.41. The molecule has 0 spiro atoms. The summed E-state index contributed by atoms with van der Waals surface area (Å²) in [7, 11) is 0. The summed E-state index contributed by atoms with van der Waals surface area (Å²) in [6.07, 6.45) is -5.35. The molecule has 0 atom stereocenters. The Kier molecular flexibility index (Phi) is 6.27. The van der Waals surface area contributed by atoms with Crippen molar-refractivity contribution in [2.24, 2.45) is 0 Å². The Labute approximate surface area is 179 Å². The van der Waals surface area contributed by atoms with Crippen molar-refractivity contribution >= 4 is 44.5 Å². The van der Waals surface area contributed by atoms with Crippen LogP contribution in [0.1, 0.15) is 6.42 Å². The van der Waals surface area contributed by atoms with Crippen molar-refractivity contribution in [1.29, 1.82) is 0 Å². The Morgan fingerprint density at radius 1 is 1.20 bits per heavy atom. The van der Waals surface area contributed by atoms with Gasteiger partial charge in [0.25, 0.3) is 0 Å². The van der Waals surface area contributed by atoms with Gasteiger partial charge < -0.3 is 19.0 Å². The van der Waals surface area contributed by atoms with Crippen LogP contribution in [0.15, 0.2) is 50.1 Å². The molecular formula is C19H11BrClF3O6. The van der Waals surface area contributed by atoms with Crippen LogP contribution >= 0.6 is 27.5 Å². The van der Waals surface area contributed by atoms with Crippen LogP contribution in [-0.4, -0.2) is 24.0 Å². The molecule has 0 radical (unpaired) electrons. The molecule has 3 aromatic rings. The fourth-order valence-corrected chi connectivity index (χ4v) is 3.22. The zero-order chi connectivity index (χ0) is 22.1. The molecule has 1 N–H and O–H groups in total. The van der Waals surface area contributed by atoms with Gasteiger partial charge in [-0.3, -0.25) is 9.59 Å². The second kappa shape index (κ2) is 8.57. The van der Waals surface area contributed by atoms with Crippen LogP contribution in [0.3, 0.4) is 0 Å². The Balaban J connectivity index is 2.17. The van der Waals surface area contributed by atoms with E-state index in [-0.39, 0.29) is 50.6 Å². The molecule has 6 nitrogen and oxygen atoms in total. The molecule has 0 aliphatic carbocycles. The van der Waals surface area contributed by atoms with Gasteiger partial charge in [-0.15, -0.1) is 13.2 Å². The maximum atomic E-state index is 12.9. The quantitative estimate of drug-likeness (QED) is 0.466. The summed E-state index contributed by atoms with van der Waals surface area (Å²) in [5.74, 6) is -1.98. The highest BCUT2D eigenvalue weighted by Gasteiger charge is 2.33. The molecule has 0 saturated carbocycles. The zero-order valence-corrected chi connectivity index (χ0v) is 17.1. The zero-order valence-electron chi connectivity index (χ0n) is 14.8. The number of fused-ring (bicyclic) bond motifs is 1. The fraction of sp³-hybridized carbons (Fsp3) is 0.158. The first-order chi connectivity index (χ1) is 14.0. The van der Waals surface area contributed by atoms with Gasteiger partial charge in [-0.2, -0.15) is 0 Å². The number of hydrogen-bond donors (Lipinski definition) is 1. The van der Waals surface area contributed by atoms with Crippen molar-refractivity contribution in [2.45, 2.75) is 12.8 Å². The minimum atomic E-state index is -5.02. The average Bonchev–Trinajstić information content (AvgIpc) is 2.62. The smallest absolute Gasteiger partial charge is 0.492 e. The van der Waals surface area contributed by atoms with Gasteiger partial charge in [0.15, 0.2) is 11.0 Å². The van der Waals surface area contributed by atoms with Gasteiger partial charge in [0.2, 0.25) is 0 Å². The van der Waals surface area contributed by atoms with Gasteiger partial charge in [-0.1, -0.05) is 17.7 Å². The third kappa shape index (κ3) is 5.06. The predicted octanol–water partition coefficient (Wildman–Crippen LogP) is 5.63. The SMILES string of the molecule is O=C(O)CCOc1cc(-c2cc(=O)c3cccc(Cl)c3o2)c(OC(F)(F)F)cc1Br. The molecule has 158 valence electrons. The third-order valence-corrected chi connectivity index (χ3v) is 4.72. The van der Waals surface area contributed by atoms with Gasteiger partial charge in [0.05, 0.1) is 33.5 Å². The second-order valence-electron chi connectivity index (χ2n) is 5.91. The van der Waals surface area contributed by atoms with Gasteiger partial charge in [-0.05, 0) is 40.2 Å². The first-order valence-corrected chi connectivity index (χ1v) is 9.39. The molecule has 2 aromatic carbocycles. The van der Waals surface area contributed by atoms with E-state index in [2.05, 4.69) is 20.7 Å². The number of carbonyl (C=O) groups is 1. The monoisotopic (exact) mass is 506 g/mol. The second-order valence-corrected chi connectivity index (χ2v) is 7.17. The Morgan fingerprint density at radius 3 is 2.60 bits per heavy atom. The highest BCUT2D eigenvalue weighted by atomic mass is 79.9. The molecule has 11 heteroatoms. The third-order valence-electron chi connectivity index (χ3n) is 3.81. The van der Waals surface area contributed by atoms with Crippen molar-refractivity contribution < 1.29 is 37.0 Å². The lowest BCUT2D eigenvalue weighted by atomic mass is 10.1. The summed E-state index contributed by atoms with van der Waals surface area (Å²) in [6, 6.07) is 7.60. The van der Waals surface area contributed by atoms with E-state index in [0.29, 0.717) is 0 Å². The van der Waals surface area contributed by atoms with E-state index in [1.807, 2.05) is 0 Å². The van der Waals surface area contributed by atoms with Gasteiger partial charge in [-0.25, -0.2) is 0 Å². The van der Waals surface area contributed by atoms with Gasteiger partial charge >= 0.3 is 12.3 Å². The number of benzene rings is 2. The molecule has 1 heterocycles. The summed E-state index contributed by atoms with van der Waals surface area (Å²) in [5.41, 5.74) is -0.765. The number of alkyl halides is 3. The lowest BCUT2D eigenvalue weighted by Crippen LogP contribution is -2.18. The lowest BCUT2D eigenvalue weighted by Gasteiger charge is -2.16. The predicted molar refractivity (Wildman–Crippen MR) is 105 cm³/mol. The maximum absolute atomic E-state index is 12.9. The molecule has 0 unspecified atom stereocenters. The molecule has 0 saturated heterocycles. The number of carboxylic acid groups (broad SMARTS) is 1. The fourth-order valence-electron chi connectivity index (χ4n) is 2.57. The van der Waals surface area contributed by atoms with Crippen LogP contribution in [-0.2, 0) is 4.79 Å². The average molecular weight is 508 g/mol. The molecule has 0 aliphatic rings. The number of ether oxygens (including phenoxy) is 2. The molecular weight excluding hydrogens is 497 g/mol. The Hall–Kier alpha value is -2.72. The molecule has 0 fully saturated rings. The number of halogens is 5. The molecule has 1 aromatic heterocycles. The minimum Gasteiger partial charge on any atom is -0.492 e. The number of rotatable bonds is 6. The normalized spacial score (nSPS) is 11.5. The van der Waals surface area contributed by atoms with E-state index in [0.717, 1.165) is 18.2 Å². The van der Waals surface area contributed by atoms with Crippen molar-refractivity contribution in [3.8, 4) is 22.8 Å². The molecule has 0 aliphatic heterocycles. The van der Waals surface area contributed by atoms with Crippen LogP contribution in [0.4, 0.5) is 13.2 Å². The van der Waals surface area contributed by atoms with E-state index < -0.39 is 23.5 Å². The summed E-state index contributed by atoms with van der Waals surface area (Å²) in [5, 5.41) is 8.97. The van der Waals surface area contributed by atoms with E-state index >= 15 is 0 Å². The van der Waals surface area contributed by atoms with Crippen LogP contribution in [0.5, 0.6) is 11.5 Å². The Morgan fingerprint density at radius 2 is 1.93 bits per heavy atom. The van der Waals surface area contributed by atoms with Crippen LogP contribution < -0.4 is 14.9 Å². The number of aliphatic carboxylic acids is 1. The topological polar surface area (TPSA) is 86.0 Å². The molecule has 3 rings (SSSR count). The van der Waals surface area contributed by atoms with Crippen molar-refractivity contribution in [1.82, 2.24) is 0 Å². The van der Waals surface area contributed by atoms with Crippen LogP contribution in [0.25, 0.3) is 22.3 Å². The lowest BCUT2D eigenvalue weighted by molar-refractivity contribution is -0.274. The number of para-hydroxylation sites is 1. The minimum absolute atomic E-state index is 0.00381. The summed E-state index contributed by atoms with van der Waals surface area (Å²) < 4.78 is 53.8. The highest BCUT2D eigenvalue weighted by molar-refractivity contribution is 9.10. The van der Waals surface area contributed by atoms with Crippen molar-refractivity contribution in [3.63, 3.8) is 0 Å².